The third-order valence-corrected chi connectivity index (χ3v) is 5.44. The van der Waals surface area contributed by atoms with Crippen molar-refractivity contribution in [2.45, 2.75) is 59.0 Å². The zero-order valence-corrected chi connectivity index (χ0v) is 21.5. The Morgan fingerprint density at radius 3 is 2.22 bits per heavy atom. The molecule has 0 bridgehead atoms. The highest BCUT2D eigenvalue weighted by Gasteiger charge is 2.34. The number of aromatic nitrogens is 1. The molecular formula is C29H34N4O3. The van der Waals surface area contributed by atoms with E-state index >= 15 is 0 Å². The molecule has 0 aliphatic heterocycles. The van der Waals surface area contributed by atoms with E-state index < -0.39 is 11.6 Å². The summed E-state index contributed by atoms with van der Waals surface area (Å²) in [6, 6.07) is 19.4. The molecule has 7 heteroatoms. The van der Waals surface area contributed by atoms with Gasteiger partial charge in [-0.1, -0.05) is 48.0 Å². The Bertz CT molecular complexity index is 1200. The van der Waals surface area contributed by atoms with Crippen LogP contribution in [0.2, 0.25) is 0 Å². The summed E-state index contributed by atoms with van der Waals surface area (Å²) < 4.78 is 0. The van der Waals surface area contributed by atoms with Crippen molar-refractivity contribution in [3.05, 3.63) is 89.6 Å². The van der Waals surface area contributed by atoms with Gasteiger partial charge in [0.1, 0.15) is 11.9 Å². The van der Waals surface area contributed by atoms with E-state index in [1.54, 1.807) is 24.4 Å². The van der Waals surface area contributed by atoms with Gasteiger partial charge in [0.15, 0.2) is 0 Å². The molecule has 2 N–H and O–H groups in total. The molecule has 1 heterocycles. The lowest BCUT2D eigenvalue weighted by molar-refractivity contribution is -0.128. The van der Waals surface area contributed by atoms with E-state index in [-0.39, 0.29) is 30.6 Å². The first-order chi connectivity index (χ1) is 17.0. The summed E-state index contributed by atoms with van der Waals surface area (Å²) in [5, 5.41) is 5.74. The van der Waals surface area contributed by atoms with Crippen molar-refractivity contribution in [3.8, 4) is 0 Å². The molecule has 0 aliphatic rings. The molecule has 36 heavy (non-hydrogen) atoms. The number of rotatable bonds is 8. The van der Waals surface area contributed by atoms with Crippen LogP contribution in [0.5, 0.6) is 0 Å². The maximum atomic E-state index is 13.7. The molecule has 7 nitrogen and oxygen atoms in total. The molecule has 1 atom stereocenters. The minimum atomic E-state index is -0.905. The van der Waals surface area contributed by atoms with Crippen LogP contribution >= 0.6 is 0 Å². The van der Waals surface area contributed by atoms with Gasteiger partial charge >= 0.3 is 0 Å². The largest absolute Gasteiger partial charge is 0.349 e. The van der Waals surface area contributed by atoms with Gasteiger partial charge in [0.25, 0.3) is 0 Å². The van der Waals surface area contributed by atoms with E-state index in [2.05, 4.69) is 15.6 Å². The maximum Gasteiger partial charge on any atom is 0.248 e. The van der Waals surface area contributed by atoms with Crippen LogP contribution in [-0.4, -0.2) is 28.2 Å². The Kier molecular flexibility index (Phi) is 8.59. The first-order valence-corrected chi connectivity index (χ1v) is 12.0. The van der Waals surface area contributed by atoms with E-state index in [1.165, 1.54) is 4.90 Å². The SMILES string of the molecule is Cc1ccc([C@H](C(=O)NC(C)(C)C)N(C(=O)CCC(=O)Nc2ccccn2)c2cccc(C)c2)cc1. The van der Waals surface area contributed by atoms with Crippen molar-refractivity contribution in [1.82, 2.24) is 10.3 Å². The summed E-state index contributed by atoms with van der Waals surface area (Å²) in [7, 11) is 0. The summed E-state index contributed by atoms with van der Waals surface area (Å²) >= 11 is 0. The third-order valence-electron chi connectivity index (χ3n) is 5.44. The minimum absolute atomic E-state index is 0.0424. The summed E-state index contributed by atoms with van der Waals surface area (Å²) in [5.41, 5.74) is 2.80. The molecule has 1 aromatic heterocycles. The van der Waals surface area contributed by atoms with Gasteiger partial charge in [0.05, 0.1) is 0 Å². The van der Waals surface area contributed by atoms with Crippen LogP contribution in [0.15, 0.2) is 72.9 Å². The fourth-order valence-corrected chi connectivity index (χ4v) is 3.80. The molecule has 0 radical (unpaired) electrons. The van der Waals surface area contributed by atoms with Gasteiger partial charge in [-0.15, -0.1) is 0 Å². The van der Waals surface area contributed by atoms with Gasteiger partial charge in [0.2, 0.25) is 17.7 Å². The lowest BCUT2D eigenvalue weighted by atomic mass is 9.99. The molecule has 2 aromatic carbocycles. The Morgan fingerprint density at radius 2 is 1.61 bits per heavy atom. The van der Waals surface area contributed by atoms with E-state index in [1.807, 2.05) is 83.1 Å². The number of hydrogen-bond donors (Lipinski definition) is 2. The zero-order valence-electron chi connectivity index (χ0n) is 21.5. The number of nitrogens with zero attached hydrogens (tertiary/aromatic N) is 2. The molecule has 0 fully saturated rings. The summed E-state index contributed by atoms with van der Waals surface area (Å²) in [5.74, 6) is -0.518. The predicted octanol–water partition coefficient (Wildman–Crippen LogP) is 5.11. The molecule has 0 saturated carbocycles. The Balaban J connectivity index is 1.95. The lowest BCUT2D eigenvalue weighted by Gasteiger charge is -2.34. The number of pyridine rings is 1. The number of nitrogens with one attached hydrogen (secondary N) is 2. The second-order valence-electron chi connectivity index (χ2n) is 9.92. The highest BCUT2D eigenvalue weighted by molar-refractivity contribution is 6.03. The lowest BCUT2D eigenvalue weighted by Crippen LogP contribution is -2.49. The molecule has 0 aliphatic carbocycles. The van der Waals surface area contributed by atoms with Crippen molar-refractivity contribution >= 4 is 29.2 Å². The summed E-state index contributed by atoms with van der Waals surface area (Å²) in [6.45, 7) is 9.61. The van der Waals surface area contributed by atoms with Crippen LogP contribution in [-0.2, 0) is 14.4 Å². The first-order valence-electron chi connectivity index (χ1n) is 12.0. The molecule has 0 saturated heterocycles. The summed E-state index contributed by atoms with van der Waals surface area (Å²) in [4.78, 5) is 45.5. The highest BCUT2D eigenvalue weighted by Crippen LogP contribution is 2.30. The quantitative estimate of drug-likeness (QED) is 0.463. The smallest absolute Gasteiger partial charge is 0.248 e. The van der Waals surface area contributed by atoms with E-state index in [0.29, 0.717) is 17.1 Å². The fraction of sp³-hybridized carbons (Fsp3) is 0.310. The molecule has 3 rings (SSSR count). The van der Waals surface area contributed by atoms with Gasteiger partial charge < -0.3 is 10.6 Å². The summed E-state index contributed by atoms with van der Waals surface area (Å²) in [6.07, 6.45) is 1.47. The standard InChI is InChI=1S/C29H34N4O3/c1-20-12-14-22(15-13-20)27(28(36)32-29(3,4)5)33(23-10-8-9-21(2)19-23)26(35)17-16-25(34)31-24-11-6-7-18-30-24/h6-15,18-19,27H,16-17H2,1-5H3,(H,32,36)(H,30,31,34)/t27-/m1/s1. The molecule has 3 amide bonds. The predicted molar refractivity (Wildman–Crippen MR) is 143 cm³/mol. The van der Waals surface area contributed by atoms with Gasteiger partial charge in [-0.3, -0.25) is 19.3 Å². The Labute approximate surface area is 212 Å². The van der Waals surface area contributed by atoms with Crippen LogP contribution in [0.4, 0.5) is 11.5 Å². The first kappa shape index (κ1) is 26.6. The topological polar surface area (TPSA) is 91.4 Å². The van der Waals surface area contributed by atoms with Gasteiger partial charge in [0, 0.05) is 30.3 Å². The number of benzene rings is 2. The normalized spacial score (nSPS) is 11.9. The van der Waals surface area contributed by atoms with Crippen molar-refractivity contribution in [2.75, 3.05) is 10.2 Å². The Hall–Kier alpha value is -4.00. The van der Waals surface area contributed by atoms with Crippen molar-refractivity contribution < 1.29 is 14.4 Å². The average Bonchev–Trinajstić information content (AvgIpc) is 2.81. The van der Waals surface area contributed by atoms with E-state index in [0.717, 1.165) is 11.1 Å². The average molecular weight is 487 g/mol. The number of aryl methyl sites for hydroxylation is 2. The van der Waals surface area contributed by atoms with Gasteiger partial charge in [-0.25, -0.2) is 4.98 Å². The molecule has 188 valence electrons. The van der Waals surface area contributed by atoms with E-state index in [4.69, 9.17) is 0 Å². The van der Waals surface area contributed by atoms with Crippen LogP contribution in [0.25, 0.3) is 0 Å². The van der Waals surface area contributed by atoms with Crippen molar-refractivity contribution in [3.63, 3.8) is 0 Å². The van der Waals surface area contributed by atoms with Crippen molar-refractivity contribution in [1.29, 1.82) is 0 Å². The minimum Gasteiger partial charge on any atom is -0.349 e. The number of anilines is 2. The van der Waals surface area contributed by atoms with Crippen LogP contribution in [0, 0.1) is 13.8 Å². The maximum absolute atomic E-state index is 13.7. The second kappa shape index (κ2) is 11.6. The Morgan fingerprint density at radius 1 is 0.889 bits per heavy atom. The molecule has 0 spiro atoms. The molecule has 0 unspecified atom stereocenters. The number of hydrogen-bond acceptors (Lipinski definition) is 4. The van der Waals surface area contributed by atoms with Gasteiger partial charge in [-0.2, -0.15) is 0 Å². The van der Waals surface area contributed by atoms with Crippen molar-refractivity contribution in [2.24, 2.45) is 0 Å². The highest BCUT2D eigenvalue weighted by atomic mass is 16.2. The van der Waals surface area contributed by atoms with Crippen LogP contribution in [0.1, 0.15) is 56.3 Å². The van der Waals surface area contributed by atoms with E-state index in [9.17, 15) is 14.4 Å². The molecule has 3 aromatic rings. The second-order valence-corrected chi connectivity index (χ2v) is 9.92. The number of carbonyl (C=O) groups is 3. The molecular weight excluding hydrogens is 452 g/mol. The third kappa shape index (κ3) is 7.50. The zero-order chi connectivity index (χ0) is 26.3. The number of amides is 3. The van der Waals surface area contributed by atoms with Gasteiger partial charge in [-0.05, 0) is 70.0 Å². The number of carbonyl (C=O) groups excluding carboxylic acids is 3. The van der Waals surface area contributed by atoms with Crippen LogP contribution in [0.3, 0.4) is 0 Å². The van der Waals surface area contributed by atoms with Crippen LogP contribution < -0.4 is 15.5 Å². The fourth-order valence-electron chi connectivity index (χ4n) is 3.80. The monoisotopic (exact) mass is 486 g/mol.